The fourth-order valence-corrected chi connectivity index (χ4v) is 7.40. The van der Waals surface area contributed by atoms with Crippen LogP contribution in [0, 0.1) is 0 Å². The Morgan fingerprint density at radius 3 is 1.96 bits per heavy atom. The first-order valence-corrected chi connectivity index (χ1v) is 15.7. The summed E-state index contributed by atoms with van der Waals surface area (Å²) in [6.07, 6.45) is 3.83. The van der Waals surface area contributed by atoms with Gasteiger partial charge in [-0.05, 0) is 45.5 Å². The summed E-state index contributed by atoms with van der Waals surface area (Å²) in [5.41, 5.74) is 5.16. The lowest BCUT2D eigenvalue weighted by Gasteiger charge is -2.11. The minimum absolute atomic E-state index is 0.647. The van der Waals surface area contributed by atoms with Crippen LogP contribution in [-0.2, 0) is 0 Å². The molecule has 0 radical (unpaired) electrons. The fourth-order valence-electron chi connectivity index (χ4n) is 6.20. The molecule has 6 aromatic carbocycles. The molecular weight excluding hydrogens is 569 g/mol. The zero-order chi connectivity index (χ0) is 29.7. The van der Waals surface area contributed by atoms with Crippen LogP contribution in [0.15, 0.2) is 146 Å². The van der Waals surface area contributed by atoms with Gasteiger partial charge in [0.05, 0.1) is 4.70 Å². The Labute approximate surface area is 263 Å². The Kier molecular flexibility index (Phi) is 5.96. The second kappa shape index (κ2) is 10.4. The molecule has 4 nitrogen and oxygen atoms in total. The molecular formula is C40H24N4S. The maximum atomic E-state index is 5.04. The van der Waals surface area contributed by atoms with E-state index in [9.17, 15) is 0 Å². The molecule has 0 amide bonds. The van der Waals surface area contributed by atoms with E-state index >= 15 is 0 Å². The summed E-state index contributed by atoms with van der Waals surface area (Å²) in [5, 5.41) is 7.34. The second-order valence-corrected chi connectivity index (χ2v) is 12.2. The van der Waals surface area contributed by atoms with Gasteiger partial charge in [0, 0.05) is 49.9 Å². The van der Waals surface area contributed by atoms with Crippen LogP contribution in [0.5, 0.6) is 0 Å². The highest BCUT2D eigenvalue weighted by atomic mass is 32.1. The van der Waals surface area contributed by atoms with Crippen molar-refractivity contribution in [2.45, 2.75) is 0 Å². The highest BCUT2D eigenvalue weighted by molar-refractivity contribution is 7.26. The van der Waals surface area contributed by atoms with Crippen molar-refractivity contribution in [2.75, 3.05) is 0 Å². The lowest BCUT2D eigenvalue weighted by atomic mass is 9.96. The smallest absolute Gasteiger partial charge is 0.164 e. The fraction of sp³-hybridized carbons (Fsp3) is 0. The third kappa shape index (κ3) is 4.44. The van der Waals surface area contributed by atoms with Gasteiger partial charge < -0.3 is 0 Å². The van der Waals surface area contributed by atoms with Gasteiger partial charge in [0.1, 0.15) is 0 Å². The Balaban J connectivity index is 1.21. The molecule has 45 heavy (non-hydrogen) atoms. The van der Waals surface area contributed by atoms with Crippen molar-refractivity contribution >= 4 is 53.1 Å². The van der Waals surface area contributed by atoms with E-state index in [2.05, 4.69) is 108 Å². The minimum atomic E-state index is 0.647. The number of pyridine rings is 1. The maximum absolute atomic E-state index is 5.04. The van der Waals surface area contributed by atoms with E-state index in [0.29, 0.717) is 17.5 Å². The average Bonchev–Trinajstić information content (AvgIpc) is 3.51. The van der Waals surface area contributed by atoms with Crippen LogP contribution in [0.2, 0.25) is 0 Å². The molecule has 0 atom stereocenters. The van der Waals surface area contributed by atoms with Crippen molar-refractivity contribution < 1.29 is 0 Å². The molecule has 0 fully saturated rings. The Bertz CT molecular complexity index is 2550. The number of hydrogen-bond acceptors (Lipinski definition) is 5. The van der Waals surface area contributed by atoms with E-state index in [1.165, 1.54) is 41.9 Å². The highest BCUT2D eigenvalue weighted by Crippen LogP contribution is 2.41. The van der Waals surface area contributed by atoms with Gasteiger partial charge in [-0.25, -0.2) is 15.0 Å². The minimum Gasteiger partial charge on any atom is -0.263 e. The number of fused-ring (bicyclic) bond motifs is 6. The first kappa shape index (κ1) is 25.7. The van der Waals surface area contributed by atoms with Crippen LogP contribution < -0.4 is 0 Å². The molecule has 0 aliphatic rings. The van der Waals surface area contributed by atoms with Crippen LogP contribution in [-0.4, -0.2) is 19.9 Å². The molecule has 0 saturated carbocycles. The number of aromatic nitrogens is 4. The lowest BCUT2D eigenvalue weighted by molar-refractivity contribution is 1.07. The van der Waals surface area contributed by atoms with Crippen LogP contribution in [0.4, 0.5) is 0 Å². The monoisotopic (exact) mass is 592 g/mol. The first-order valence-electron chi connectivity index (χ1n) is 14.9. The summed E-state index contributed by atoms with van der Waals surface area (Å²) >= 11 is 1.81. The lowest BCUT2D eigenvalue weighted by Crippen LogP contribution is -2.00. The molecule has 9 rings (SSSR count). The van der Waals surface area contributed by atoms with Crippen molar-refractivity contribution in [3.05, 3.63) is 146 Å². The maximum Gasteiger partial charge on any atom is 0.164 e. The van der Waals surface area contributed by atoms with Crippen LogP contribution in [0.1, 0.15) is 0 Å². The van der Waals surface area contributed by atoms with Gasteiger partial charge in [-0.1, -0.05) is 115 Å². The molecule has 0 unspecified atom stereocenters. The summed E-state index contributed by atoms with van der Waals surface area (Å²) in [6.45, 7) is 0. The Hall–Kier alpha value is -5.78. The summed E-state index contributed by atoms with van der Waals surface area (Å²) in [5.74, 6) is 1.95. The van der Waals surface area contributed by atoms with Crippen molar-refractivity contribution in [1.29, 1.82) is 0 Å². The van der Waals surface area contributed by atoms with Crippen LogP contribution in [0.25, 0.3) is 87.0 Å². The summed E-state index contributed by atoms with van der Waals surface area (Å²) < 4.78 is 2.50. The number of rotatable bonds is 4. The summed E-state index contributed by atoms with van der Waals surface area (Å²) in [4.78, 5) is 19.3. The van der Waals surface area contributed by atoms with Gasteiger partial charge in [-0.15, -0.1) is 11.3 Å². The molecule has 3 aromatic heterocycles. The molecule has 5 heteroatoms. The largest absolute Gasteiger partial charge is 0.263 e. The van der Waals surface area contributed by atoms with Crippen molar-refractivity contribution in [3.63, 3.8) is 0 Å². The molecule has 0 aliphatic carbocycles. The van der Waals surface area contributed by atoms with Crippen molar-refractivity contribution in [2.24, 2.45) is 0 Å². The van der Waals surface area contributed by atoms with Gasteiger partial charge >= 0.3 is 0 Å². The summed E-state index contributed by atoms with van der Waals surface area (Å²) in [6, 6.07) is 46.6. The molecule has 0 spiro atoms. The Morgan fingerprint density at radius 1 is 0.422 bits per heavy atom. The normalized spacial score (nSPS) is 11.6. The first-order chi connectivity index (χ1) is 22.3. The van der Waals surface area contributed by atoms with Gasteiger partial charge in [-0.2, -0.15) is 0 Å². The standard InChI is InChI=1S/C40H24N4S/c1-2-9-26(10-3-1)38-42-39(44-40(43-38)30-17-16-25-8-4-5-11-27(25)22-30)29-13-6-12-28(23-29)31-14-7-15-34-32(31)18-19-35-33-20-21-41-24-36(33)45-37(34)35/h1-24H. The third-order valence-corrected chi connectivity index (χ3v) is 9.59. The molecule has 0 saturated heterocycles. The summed E-state index contributed by atoms with van der Waals surface area (Å²) in [7, 11) is 0. The SMILES string of the molecule is c1ccc(-c2nc(-c3cccc(-c4cccc5c4ccc4c6ccncc6sc54)c3)nc(-c3ccc4ccccc4c3)n2)cc1. The average molecular weight is 593 g/mol. The number of nitrogens with zero attached hydrogens (tertiary/aromatic N) is 4. The number of thiophene rings is 1. The molecule has 0 aliphatic heterocycles. The third-order valence-electron chi connectivity index (χ3n) is 8.41. The van der Waals surface area contributed by atoms with E-state index in [0.717, 1.165) is 27.6 Å². The van der Waals surface area contributed by atoms with Gasteiger partial charge in [0.25, 0.3) is 0 Å². The quantitative estimate of drug-likeness (QED) is 0.204. The topological polar surface area (TPSA) is 51.6 Å². The van der Waals surface area contributed by atoms with Crippen LogP contribution in [0.3, 0.4) is 0 Å². The highest BCUT2D eigenvalue weighted by Gasteiger charge is 2.15. The van der Waals surface area contributed by atoms with E-state index in [1.807, 2.05) is 42.7 Å². The van der Waals surface area contributed by atoms with Gasteiger partial charge in [0.15, 0.2) is 17.5 Å². The molecule has 9 aromatic rings. The number of benzene rings is 6. The molecule has 210 valence electrons. The zero-order valence-electron chi connectivity index (χ0n) is 24.1. The Morgan fingerprint density at radius 2 is 1.09 bits per heavy atom. The van der Waals surface area contributed by atoms with Crippen LogP contribution >= 0.6 is 11.3 Å². The van der Waals surface area contributed by atoms with E-state index in [4.69, 9.17) is 15.0 Å². The van der Waals surface area contributed by atoms with E-state index in [1.54, 1.807) is 11.3 Å². The molecule has 3 heterocycles. The van der Waals surface area contributed by atoms with E-state index in [-0.39, 0.29) is 0 Å². The molecule has 0 N–H and O–H groups in total. The van der Waals surface area contributed by atoms with E-state index < -0.39 is 0 Å². The second-order valence-electron chi connectivity index (χ2n) is 11.1. The molecule has 0 bridgehead atoms. The predicted octanol–water partition coefficient (Wildman–Crippen LogP) is 10.6. The van der Waals surface area contributed by atoms with Gasteiger partial charge in [0.2, 0.25) is 0 Å². The van der Waals surface area contributed by atoms with Gasteiger partial charge in [-0.3, -0.25) is 4.98 Å². The zero-order valence-corrected chi connectivity index (χ0v) is 24.9. The van der Waals surface area contributed by atoms with Crippen molar-refractivity contribution in [3.8, 4) is 45.3 Å². The number of hydrogen-bond donors (Lipinski definition) is 0. The van der Waals surface area contributed by atoms with Crippen molar-refractivity contribution in [1.82, 2.24) is 19.9 Å². The predicted molar refractivity (Wildman–Crippen MR) is 187 cm³/mol.